The molecule has 5 amide bonds. The number of hydrogen-bond acceptors (Lipinski definition) is 7. The predicted molar refractivity (Wildman–Crippen MR) is 156 cm³/mol. The number of halogens is 1. The molecule has 2 fully saturated rings. The van der Waals surface area contributed by atoms with E-state index in [-0.39, 0.29) is 44.0 Å². The second-order valence-corrected chi connectivity index (χ2v) is 12.1. The Bertz CT molecular complexity index is 1450. The number of phosphoric ester groups is 1. The maximum atomic E-state index is 13.8. The Morgan fingerprint density at radius 1 is 1.05 bits per heavy atom. The molecule has 2 saturated heterocycles. The fourth-order valence-corrected chi connectivity index (χ4v) is 5.62. The molecular weight excluding hydrogens is 617 g/mol. The van der Waals surface area contributed by atoms with Crippen molar-refractivity contribution in [2.75, 3.05) is 6.54 Å². The SMILES string of the molecule is CC(=O)N[C@@H](Cc1ccc(OP(=O)(O)O)cc1)C(=O)N[C@H]1CCC(=O)N2CCC[C@@H](C(=O)NCc3ccc(Cl)cc3)N2C1=O. The van der Waals surface area contributed by atoms with E-state index < -0.39 is 49.6 Å². The van der Waals surface area contributed by atoms with Crippen LogP contribution in [0.15, 0.2) is 48.5 Å². The zero-order valence-electron chi connectivity index (χ0n) is 23.8. The molecular formula is C28H33ClN5O9P. The third-order valence-electron chi connectivity index (χ3n) is 7.14. The van der Waals surface area contributed by atoms with E-state index in [2.05, 4.69) is 20.5 Å². The highest BCUT2D eigenvalue weighted by atomic mass is 35.5. The van der Waals surface area contributed by atoms with Crippen LogP contribution >= 0.6 is 19.4 Å². The molecule has 2 aromatic rings. The van der Waals surface area contributed by atoms with Crippen LogP contribution in [0.3, 0.4) is 0 Å². The highest BCUT2D eigenvalue weighted by Gasteiger charge is 2.44. The summed E-state index contributed by atoms with van der Waals surface area (Å²) in [6, 6.07) is 9.24. The minimum Gasteiger partial charge on any atom is -0.404 e. The minimum atomic E-state index is -4.75. The van der Waals surface area contributed by atoms with E-state index in [1.807, 2.05) is 0 Å². The van der Waals surface area contributed by atoms with Gasteiger partial charge in [0.25, 0.3) is 5.91 Å². The molecule has 0 radical (unpaired) electrons. The first-order valence-corrected chi connectivity index (χ1v) is 15.8. The lowest BCUT2D eigenvalue weighted by Gasteiger charge is -2.43. The smallest absolute Gasteiger partial charge is 0.404 e. The third kappa shape index (κ3) is 8.79. The van der Waals surface area contributed by atoms with Crippen molar-refractivity contribution in [1.29, 1.82) is 0 Å². The van der Waals surface area contributed by atoms with Crippen LogP contribution < -0.4 is 20.5 Å². The fourth-order valence-electron chi connectivity index (χ4n) is 5.10. The van der Waals surface area contributed by atoms with Gasteiger partial charge in [0, 0.05) is 37.9 Å². The lowest BCUT2D eigenvalue weighted by Crippen LogP contribution is -2.64. The summed E-state index contributed by atoms with van der Waals surface area (Å²) in [4.78, 5) is 83.3. The van der Waals surface area contributed by atoms with Gasteiger partial charge in [0.2, 0.25) is 23.6 Å². The van der Waals surface area contributed by atoms with Gasteiger partial charge in [0.1, 0.15) is 23.9 Å². The molecule has 44 heavy (non-hydrogen) atoms. The number of nitrogens with one attached hydrogen (secondary N) is 3. The van der Waals surface area contributed by atoms with Crippen molar-refractivity contribution in [3.8, 4) is 5.75 Å². The number of phosphoric acid groups is 1. The first-order valence-electron chi connectivity index (χ1n) is 13.9. The standard InChI is InChI=1S/C28H33ClN5O9P/c1-17(35)31-23(15-18-6-10-21(11-7-18)43-44(40,41)42)26(37)32-22-12-13-25(36)33-14-2-3-24(34(33)28(22)39)27(38)30-16-19-4-8-20(29)9-5-19/h4-11,22-24H,2-3,12-16H2,1H3,(H,30,38)(H,31,35)(H,32,37)(H2,40,41,42)/t22-,23-,24-/m0/s1. The van der Waals surface area contributed by atoms with E-state index in [9.17, 15) is 28.5 Å². The van der Waals surface area contributed by atoms with Crippen LogP contribution in [0.5, 0.6) is 5.75 Å². The van der Waals surface area contributed by atoms with Crippen molar-refractivity contribution >= 4 is 49.0 Å². The van der Waals surface area contributed by atoms with Crippen molar-refractivity contribution in [2.45, 2.75) is 63.7 Å². The molecule has 0 spiro atoms. The van der Waals surface area contributed by atoms with Gasteiger partial charge in [-0.15, -0.1) is 0 Å². The zero-order chi connectivity index (χ0) is 32.0. The van der Waals surface area contributed by atoms with E-state index in [1.165, 1.54) is 36.2 Å². The summed E-state index contributed by atoms with van der Waals surface area (Å²) in [5.74, 6) is -2.68. The topological polar surface area (TPSA) is 195 Å². The summed E-state index contributed by atoms with van der Waals surface area (Å²) < 4.78 is 15.6. The van der Waals surface area contributed by atoms with E-state index in [0.29, 0.717) is 23.4 Å². The van der Waals surface area contributed by atoms with Crippen molar-refractivity contribution in [3.63, 3.8) is 0 Å². The van der Waals surface area contributed by atoms with Crippen molar-refractivity contribution in [3.05, 3.63) is 64.7 Å². The number of nitrogens with zero attached hydrogens (tertiary/aromatic N) is 2. The molecule has 2 heterocycles. The monoisotopic (exact) mass is 649 g/mol. The Morgan fingerprint density at radius 2 is 1.70 bits per heavy atom. The molecule has 5 N–H and O–H groups in total. The Balaban J connectivity index is 1.47. The van der Waals surface area contributed by atoms with Crippen molar-refractivity contribution in [2.24, 2.45) is 0 Å². The van der Waals surface area contributed by atoms with Crippen LogP contribution in [0.1, 0.15) is 43.7 Å². The van der Waals surface area contributed by atoms with E-state index in [0.717, 1.165) is 10.6 Å². The third-order valence-corrected chi connectivity index (χ3v) is 7.84. The summed E-state index contributed by atoms with van der Waals surface area (Å²) in [6.07, 6.45) is 0.759. The maximum Gasteiger partial charge on any atom is 0.524 e. The normalized spacial score (nSPS) is 19.4. The number of hydrazine groups is 1. The van der Waals surface area contributed by atoms with Crippen LogP contribution in [0, 0.1) is 0 Å². The molecule has 0 bridgehead atoms. The molecule has 0 aliphatic carbocycles. The van der Waals surface area contributed by atoms with Crippen LogP contribution in [0.25, 0.3) is 0 Å². The van der Waals surface area contributed by atoms with Gasteiger partial charge in [0.05, 0.1) is 0 Å². The molecule has 0 aromatic heterocycles. The zero-order valence-corrected chi connectivity index (χ0v) is 25.4. The maximum absolute atomic E-state index is 13.8. The quantitative estimate of drug-likeness (QED) is 0.235. The number of benzene rings is 2. The highest BCUT2D eigenvalue weighted by Crippen LogP contribution is 2.37. The van der Waals surface area contributed by atoms with Gasteiger partial charge in [-0.1, -0.05) is 35.9 Å². The van der Waals surface area contributed by atoms with Crippen LogP contribution in [0.2, 0.25) is 5.02 Å². The van der Waals surface area contributed by atoms with Gasteiger partial charge in [-0.25, -0.2) is 9.57 Å². The number of hydrogen-bond donors (Lipinski definition) is 5. The van der Waals surface area contributed by atoms with E-state index in [1.54, 1.807) is 24.3 Å². The highest BCUT2D eigenvalue weighted by molar-refractivity contribution is 7.46. The summed E-state index contributed by atoms with van der Waals surface area (Å²) in [7, 11) is -4.75. The van der Waals surface area contributed by atoms with Gasteiger partial charge < -0.3 is 20.5 Å². The van der Waals surface area contributed by atoms with Crippen molar-refractivity contribution in [1.82, 2.24) is 26.0 Å². The van der Waals surface area contributed by atoms with Crippen LogP contribution in [0.4, 0.5) is 0 Å². The largest absolute Gasteiger partial charge is 0.524 e. The molecule has 0 saturated carbocycles. The Morgan fingerprint density at radius 3 is 2.34 bits per heavy atom. The number of rotatable bonds is 10. The van der Waals surface area contributed by atoms with Crippen molar-refractivity contribution < 1.29 is 42.8 Å². The molecule has 2 aliphatic heterocycles. The van der Waals surface area contributed by atoms with Crippen LogP contribution in [-0.4, -0.2) is 74.0 Å². The second-order valence-electron chi connectivity index (χ2n) is 10.5. The lowest BCUT2D eigenvalue weighted by atomic mass is 10.0. The van der Waals surface area contributed by atoms with E-state index in [4.69, 9.17) is 21.4 Å². The van der Waals surface area contributed by atoms with Gasteiger partial charge in [-0.2, -0.15) is 0 Å². The second kappa shape index (κ2) is 14.2. The Hall–Kier alpha value is -3.97. The molecule has 0 unspecified atom stereocenters. The molecule has 16 heteroatoms. The summed E-state index contributed by atoms with van der Waals surface area (Å²) >= 11 is 5.93. The summed E-state index contributed by atoms with van der Waals surface area (Å²) in [5.41, 5.74) is 1.32. The molecule has 3 atom stereocenters. The number of fused-ring (bicyclic) bond motifs is 1. The fraction of sp³-hybridized carbons (Fsp3) is 0.393. The number of carbonyl (C=O) groups excluding carboxylic acids is 5. The van der Waals surface area contributed by atoms with Gasteiger partial charge >= 0.3 is 7.82 Å². The van der Waals surface area contributed by atoms with E-state index >= 15 is 0 Å². The van der Waals surface area contributed by atoms with Gasteiger partial charge in [-0.05, 0) is 54.7 Å². The summed E-state index contributed by atoms with van der Waals surface area (Å²) in [5, 5.41) is 11.0. The number of carbonyl (C=O) groups is 5. The molecule has 2 aromatic carbocycles. The molecule has 2 aliphatic rings. The average molecular weight is 650 g/mol. The van der Waals surface area contributed by atoms with Gasteiger partial charge in [-0.3, -0.25) is 38.8 Å². The lowest BCUT2D eigenvalue weighted by molar-refractivity contribution is -0.176. The first-order chi connectivity index (χ1) is 20.8. The first kappa shape index (κ1) is 32.9. The molecule has 4 rings (SSSR count). The Labute approximate surface area is 258 Å². The van der Waals surface area contributed by atoms with Crippen LogP contribution in [-0.2, 0) is 41.5 Å². The Kier molecular flexibility index (Phi) is 10.6. The van der Waals surface area contributed by atoms with Gasteiger partial charge in [0.15, 0.2) is 0 Å². The molecule has 14 nitrogen and oxygen atoms in total. The predicted octanol–water partition coefficient (Wildman–Crippen LogP) is 1.19. The molecule has 236 valence electrons. The number of amides is 5. The minimum absolute atomic E-state index is 0.00325. The summed E-state index contributed by atoms with van der Waals surface area (Å²) in [6.45, 7) is 1.67. The average Bonchev–Trinajstić information content (AvgIpc) is 3.08.